The van der Waals surface area contributed by atoms with Crippen molar-refractivity contribution in [2.45, 2.75) is 26.7 Å². The minimum atomic E-state index is -0.898. The van der Waals surface area contributed by atoms with Crippen molar-refractivity contribution in [2.24, 2.45) is 5.10 Å². The van der Waals surface area contributed by atoms with Crippen molar-refractivity contribution in [3.8, 4) is 0 Å². The Labute approximate surface area is 164 Å². The van der Waals surface area contributed by atoms with Crippen LogP contribution >= 0.6 is 0 Å². The van der Waals surface area contributed by atoms with Crippen molar-refractivity contribution in [1.29, 1.82) is 0 Å². The van der Waals surface area contributed by atoms with E-state index in [1.54, 1.807) is 25.1 Å². The Balaban J connectivity index is 1.72. The minimum Gasteiger partial charge on any atom is -0.355 e. The van der Waals surface area contributed by atoms with Crippen LogP contribution in [0.25, 0.3) is 0 Å². The summed E-state index contributed by atoms with van der Waals surface area (Å²) < 4.78 is 0. The maximum absolute atomic E-state index is 11.9. The van der Waals surface area contributed by atoms with E-state index < -0.39 is 11.8 Å². The van der Waals surface area contributed by atoms with Crippen molar-refractivity contribution >= 4 is 29.1 Å². The lowest BCUT2D eigenvalue weighted by molar-refractivity contribution is -0.136. The number of carbonyl (C=O) groups excluding carboxylic acids is 3. The summed E-state index contributed by atoms with van der Waals surface area (Å²) in [4.78, 5) is 35.6. The summed E-state index contributed by atoms with van der Waals surface area (Å²) >= 11 is 0. The highest BCUT2D eigenvalue weighted by Crippen LogP contribution is 2.09. The van der Waals surface area contributed by atoms with E-state index in [0.717, 1.165) is 17.5 Å². The Hall–Kier alpha value is -3.48. The quantitative estimate of drug-likeness (QED) is 0.390. The summed E-state index contributed by atoms with van der Waals surface area (Å²) in [5.41, 5.74) is 5.19. The number of nitrogens with one attached hydrogen (secondary N) is 3. The summed E-state index contributed by atoms with van der Waals surface area (Å²) in [6, 6.07) is 16.9. The normalized spacial score (nSPS) is 10.9. The predicted molar refractivity (Wildman–Crippen MR) is 109 cm³/mol. The van der Waals surface area contributed by atoms with Crippen LogP contribution in [0.5, 0.6) is 0 Å². The van der Waals surface area contributed by atoms with Gasteiger partial charge in [-0.05, 0) is 43.5 Å². The highest BCUT2D eigenvalue weighted by molar-refractivity contribution is 6.39. The van der Waals surface area contributed by atoms with Crippen molar-refractivity contribution in [2.75, 3.05) is 11.9 Å². The fourth-order valence-electron chi connectivity index (χ4n) is 2.43. The predicted octanol–water partition coefficient (Wildman–Crippen LogP) is 2.17. The third-order valence-electron chi connectivity index (χ3n) is 3.83. The molecule has 7 nitrogen and oxygen atoms in total. The second-order valence-electron chi connectivity index (χ2n) is 6.37. The monoisotopic (exact) mass is 380 g/mol. The van der Waals surface area contributed by atoms with Gasteiger partial charge in [0.1, 0.15) is 0 Å². The van der Waals surface area contributed by atoms with Crippen LogP contribution in [-0.2, 0) is 20.8 Å². The molecule has 0 bridgehead atoms. The van der Waals surface area contributed by atoms with Crippen LogP contribution in [0.4, 0.5) is 5.69 Å². The average Bonchev–Trinajstić information content (AvgIpc) is 2.67. The van der Waals surface area contributed by atoms with Gasteiger partial charge in [-0.25, -0.2) is 5.43 Å². The largest absolute Gasteiger partial charge is 0.355 e. The molecule has 0 atom stereocenters. The fraction of sp³-hybridized carbons (Fsp3) is 0.238. The van der Waals surface area contributed by atoms with Gasteiger partial charge in [0.15, 0.2) is 0 Å². The van der Waals surface area contributed by atoms with Gasteiger partial charge in [0, 0.05) is 17.9 Å². The van der Waals surface area contributed by atoms with Crippen LogP contribution in [0.15, 0.2) is 59.7 Å². The maximum Gasteiger partial charge on any atom is 0.329 e. The molecule has 0 fully saturated rings. The van der Waals surface area contributed by atoms with E-state index in [-0.39, 0.29) is 12.3 Å². The molecule has 146 valence electrons. The number of carbonyl (C=O) groups is 3. The maximum atomic E-state index is 11.9. The molecule has 3 N–H and O–H groups in total. The molecular weight excluding hydrogens is 356 g/mol. The Morgan fingerprint density at radius 1 is 0.964 bits per heavy atom. The lowest BCUT2D eigenvalue weighted by Gasteiger charge is -2.06. The molecule has 28 heavy (non-hydrogen) atoms. The second kappa shape index (κ2) is 10.6. The smallest absolute Gasteiger partial charge is 0.329 e. The van der Waals surface area contributed by atoms with Gasteiger partial charge >= 0.3 is 11.8 Å². The molecule has 2 aromatic rings. The molecule has 0 radical (unpaired) electrons. The zero-order valence-corrected chi connectivity index (χ0v) is 16.0. The van der Waals surface area contributed by atoms with Gasteiger partial charge < -0.3 is 10.6 Å². The van der Waals surface area contributed by atoms with Crippen LogP contribution in [0.1, 0.15) is 24.5 Å². The van der Waals surface area contributed by atoms with Gasteiger partial charge in [-0.1, -0.05) is 42.5 Å². The topological polar surface area (TPSA) is 99.7 Å². The number of hydrazone groups is 1. The van der Waals surface area contributed by atoms with Gasteiger partial charge in [-0.3, -0.25) is 14.4 Å². The zero-order valence-electron chi connectivity index (χ0n) is 16.0. The highest BCUT2D eigenvalue weighted by atomic mass is 16.2. The number of anilines is 1. The Morgan fingerprint density at radius 3 is 2.43 bits per heavy atom. The van der Waals surface area contributed by atoms with Crippen LogP contribution in [0.3, 0.4) is 0 Å². The molecule has 0 saturated heterocycles. The summed E-state index contributed by atoms with van der Waals surface area (Å²) in [7, 11) is 0. The van der Waals surface area contributed by atoms with Gasteiger partial charge in [-0.15, -0.1) is 0 Å². The fourth-order valence-corrected chi connectivity index (χ4v) is 2.43. The zero-order chi connectivity index (χ0) is 20.4. The van der Waals surface area contributed by atoms with Gasteiger partial charge in [0.2, 0.25) is 5.91 Å². The molecule has 0 heterocycles. The Bertz CT molecular complexity index is 863. The molecule has 0 aliphatic rings. The molecular formula is C21H24N4O3. The number of benzene rings is 2. The second-order valence-corrected chi connectivity index (χ2v) is 6.37. The van der Waals surface area contributed by atoms with Gasteiger partial charge in [0.25, 0.3) is 0 Å². The standard InChI is InChI=1S/C21H24N4O3/c1-15-7-6-10-18(13-15)23-20(27)21(28)25-24-16(2)14-19(26)22-12-11-17-8-4-3-5-9-17/h3-10,13H,11-12,14H2,1-2H3,(H,22,26)(H,23,27)(H,25,28)/b24-16+. The van der Waals surface area contributed by atoms with Gasteiger partial charge in [-0.2, -0.15) is 5.10 Å². The van der Waals surface area contributed by atoms with Crippen molar-refractivity contribution in [3.05, 3.63) is 65.7 Å². The molecule has 2 aromatic carbocycles. The number of hydrogen-bond acceptors (Lipinski definition) is 4. The summed E-state index contributed by atoms with van der Waals surface area (Å²) in [6.07, 6.45) is 0.771. The molecule has 0 aliphatic heterocycles. The van der Waals surface area contributed by atoms with Crippen LogP contribution in [0.2, 0.25) is 0 Å². The van der Waals surface area contributed by atoms with Crippen LogP contribution in [-0.4, -0.2) is 30.0 Å². The Kier molecular flexibility index (Phi) is 7.90. The number of aryl methyl sites for hydroxylation is 1. The van der Waals surface area contributed by atoms with Crippen LogP contribution < -0.4 is 16.1 Å². The molecule has 0 spiro atoms. The molecule has 7 heteroatoms. The summed E-state index contributed by atoms with van der Waals surface area (Å²) in [5, 5.41) is 9.10. The third kappa shape index (κ3) is 7.41. The van der Waals surface area contributed by atoms with E-state index in [1.807, 2.05) is 43.3 Å². The first-order valence-corrected chi connectivity index (χ1v) is 8.96. The first-order chi connectivity index (χ1) is 13.4. The van der Waals surface area contributed by atoms with Crippen LogP contribution in [0, 0.1) is 6.92 Å². The third-order valence-corrected chi connectivity index (χ3v) is 3.83. The summed E-state index contributed by atoms with van der Waals surface area (Å²) in [6.45, 7) is 4.01. The lowest BCUT2D eigenvalue weighted by Crippen LogP contribution is -2.33. The van der Waals surface area contributed by atoms with Gasteiger partial charge in [0.05, 0.1) is 6.42 Å². The minimum absolute atomic E-state index is 0.0363. The average molecular weight is 380 g/mol. The van der Waals surface area contributed by atoms with Crippen molar-refractivity contribution in [1.82, 2.24) is 10.7 Å². The molecule has 3 amide bonds. The molecule has 2 rings (SSSR count). The van der Waals surface area contributed by atoms with E-state index >= 15 is 0 Å². The highest BCUT2D eigenvalue weighted by Gasteiger charge is 2.13. The summed E-state index contributed by atoms with van der Waals surface area (Å²) in [5.74, 6) is -1.92. The lowest BCUT2D eigenvalue weighted by atomic mass is 10.1. The number of amides is 3. The number of hydrogen-bond donors (Lipinski definition) is 3. The first-order valence-electron chi connectivity index (χ1n) is 8.96. The van der Waals surface area contributed by atoms with Crippen molar-refractivity contribution < 1.29 is 14.4 Å². The first kappa shape index (κ1) is 20.8. The SMILES string of the molecule is C/C(CC(=O)NCCc1ccccc1)=N\NC(=O)C(=O)Nc1cccc(C)c1. The number of rotatable bonds is 7. The molecule has 0 saturated carbocycles. The van der Waals surface area contributed by atoms with E-state index in [4.69, 9.17) is 0 Å². The number of nitrogens with zero attached hydrogens (tertiary/aromatic N) is 1. The van der Waals surface area contributed by atoms with Crippen molar-refractivity contribution in [3.63, 3.8) is 0 Å². The molecule has 0 aliphatic carbocycles. The molecule has 0 unspecified atom stereocenters. The van der Waals surface area contributed by atoms with E-state index in [9.17, 15) is 14.4 Å². The van der Waals surface area contributed by atoms with E-state index in [2.05, 4.69) is 21.2 Å². The Morgan fingerprint density at radius 2 is 1.71 bits per heavy atom. The molecule has 0 aromatic heterocycles. The van der Waals surface area contributed by atoms with E-state index in [1.165, 1.54) is 0 Å². The van der Waals surface area contributed by atoms with E-state index in [0.29, 0.717) is 17.9 Å².